The van der Waals surface area contributed by atoms with Crippen molar-refractivity contribution in [2.45, 2.75) is 6.54 Å². The van der Waals surface area contributed by atoms with E-state index in [4.69, 9.17) is 9.47 Å². The molecule has 0 fully saturated rings. The zero-order valence-corrected chi connectivity index (χ0v) is 18.6. The van der Waals surface area contributed by atoms with E-state index < -0.39 is 17.2 Å². The number of nitrogens with one attached hydrogen (secondary N) is 1. The third kappa shape index (κ3) is 3.78. The monoisotopic (exact) mass is 451 g/mol. The van der Waals surface area contributed by atoms with Gasteiger partial charge >= 0.3 is 5.69 Å². The summed E-state index contributed by atoms with van der Waals surface area (Å²) in [5.41, 5.74) is 1.06. The Labute approximate surface area is 187 Å². The van der Waals surface area contributed by atoms with Gasteiger partial charge in [-0.25, -0.2) is 4.79 Å². The fraction of sp³-hybridized carbons (Fsp3) is 0.174. The summed E-state index contributed by atoms with van der Waals surface area (Å²) < 4.78 is 12.8. The maximum atomic E-state index is 13.0. The topological polar surface area (TPSA) is 91.6 Å². The summed E-state index contributed by atoms with van der Waals surface area (Å²) in [5.74, 6) is 0.804. The van der Waals surface area contributed by atoms with Crippen molar-refractivity contribution in [3.05, 3.63) is 74.7 Å². The average Bonchev–Trinajstić information content (AvgIpc) is 3.26. The summed E-state index contributed by atoms with van der Waals surface area (Å²) in [4.78, 5) is 39.0. The van der Waals surface area contributed by atoms with Crippen molar-refractivity contribution in [2.75, 3.05) is 19.5 Å². The first-order valence-corrected chi connectivity index (χ1v) is 10.6. The Morgan fingerprint density at radius 2 is 1.75 bits per heavy atom. The minimum Gasteiger partial charge on any atom is -0.497 e. The Morgan fingerprint density at radius 3 is 2.44 bits per heavy atom. The predicted molar refractivity (Wildman–Crippen MR) is 125 cm³/mol. The maximum Gasteiger partial charge on any atom is 0.332 e. The van der Waals surface area contributed by atoms with Gasteiger partial charge in [-0.3, -0.25) is 18.7 Å². The number of anilines is 1. The molecule has 32 heavy (non-hydrogen) atoms. The number of rotatable bonds is 6. The summed E-state index contributed by atoms with van der Waals surface area (Å²) in [6.07, 6.45) is 0. The second-order valence-corrected chi connectivity index (χ2v) is 7.90. The second kappa shape index (κ2) is 8.72. The van der Waals surface area contributed by atoms with Gasteiger partial charge in [0.2, 0.25) is 5.91 Å². The van der Waals surface area contributed by atoms with Crippen LogP contribution in [-0.2, 0) is 18.4 Å². The van der Waals surface area contributed by atoms with Crippen LogP contribution in [0.5, 0.6) is 11.5 Å². The number of nitrogens with zero attached hydrogens (tertiary/aromatic N) is 2. The molecule has 1 amide bonds. The van der Waals surface area contributed by atoms with E-state index in [0.717, 1.165) is 10.1 Å². The highest BCUT2D eigenvalue weighted by Gasteiger charge is 2.19. The van der Waals surface area contributed by atoms with Gasteiger partial charge in [-0.1, -0.05) is 24.3 Å². The van der Waals surface area contributed by atoms with E-state index in [1.807, 2.05) is 17.5 Å². The fourth-order valence-corrected chi connectivity index (χ4v) is 4.55. The highest BCUT2D eigenvalue weighted by atomic mass is 32.1. The van der Waals surface area contributed by atoms with Crippen molar-refractivity contribution in [2.24, 2.45) is 7.05 Å². The lowest BCUT2D eigenvalue weighted by Crippen LogP contribution is -2.39. The van der Waals surface area contributed by atoms with Crippen LogP contribution in [0.4, 0.5) is 5.69 Å². The number of fused-ring (bicyclic) bond motifs is 1. The molecule has 9 heteroatoms. The van der Waals surface area contributed by atoms with E-state index in [-0.39, 0.29) is 6.54 Å². The van der Waals surface area contributed by atoms with Crippen molar-refractivity contribution in [1.82, 2.24) is 9.13 Å². The second-order valence-electron chi connectivity index (χ2n) is 7.04. The third-order valence-corrected chi connectivity index (χ3v) is 6.14. The van der Waals surface area contributed by atoms with Crippen molar-refractivity contribution < 1.29 is 14.3 Å². The van der Waals surface area contributed by atoms with Crippen molar-refractivity contribution in [3.8, 4) is 22.6 Å². The lowest BCUT2D eigenvalue weighted by atomic mass is 10.1. The number of benzene rings is 2. The Kier molecular flexibility index (Phi) is 5.83. The molecule has 2 aromatic heterocycles. The molecule has 0 saturated heterocycles. The molecule has 4 rings (SSSR count). The molecule has 0 unspecified atom stereocenters. The number of hydrogen-bond donors (Lipinski definition) is 1. The van der Waals surface area contributed by atoms with E-state index >= 15 is 0 Å². The largest absolute Gasteiger partial charge is 0.497 e. The fourth-order valence-electron chi connectivity index (χ4n) is 3.48. The van der Waals surface area contributed by atoms with Gasteiger partial charge in [0.05, 0.1) is 25.3 Å². The lowest BCUT2D eigenvalue weighted by molar-refractivity contribution is -0.116. The van der Waals surface area contributed by atoms with E-state index in [1.165, 1.54) is 30.1 Å². The zero-order chi connectivity index (χ0) is 22.8. The summed E-state index contributed by atoms with van der Waals surface area (Å²) in [6.45, 7) is -0.246. The van der Waals surface area contributed by atoms with Gasteiger partial charge in [-0.05, 0) is 29.8 Å². The summed E-state index contributed by atoms with van der Waals surface area (Å²) >= 11 is 1.25. The standard InChI is InChI=1S/C23H21N3O5S/c1-25-21(28)20-16(14-8-10-15(30-2)11-9-14)13-32-22(20)26(23(25)29)12-19(27)24-17-6-4-5-7-18(17)31-3/h4-11,13H,12H2,1-3H3,(H,24,27). The van der Waals surface area contributed by atoms with Crippen LogP contribution in [0.3, 0.4) is 0 Å². The molecule has 2 heterocycles. The molecule has 1 N–H and O–H groups in total. The lowest BCUT2D eigenvalue weighted by Gasteiger charge is -2.12. The Morgan fingerprint density at radius 1 is 1.03 bits per heavy atom. The molecule has 0 aliphatic heterocycles. The first-order valence-electron chi connectivity index (χ1n) is 9.73. The van der Waals surface area contributed by atoms with Crippen LogP contribution in [0.2, 0.25) is 0 Å². The minimum atomic E-state index is -0.555. The molecule has 0 bridgehead atoms. The quantitative estimate of drug-likeness (QED) is 0.487. The molecule has 0 aliphatic carbocycles. The first kappa shape index (κ1) is 21.4. The van der Waals surface area contributed by atoms with E-state index in [0.29, 0.717) is 33.0 Å². The normalized spacial score (nSPS) is 10.8. The summed E-state index contributed by atoms with van der Waals surface area (Å²) in [5, 5.41) is 4.98. The number of ether oxygens (including phenoxy) is 2. The smallest absolute Gasteiger partial charge is 0.332 e. The van der Waals surface area contributed by atoms with Crippen LogP contribution in [0.25, 0.3) is 21.3 Å². The highest BCUT2D eigenvalue weighted by molar-refractivity contribution is 7.17. The predicted octanol–water partition coefficient (Wildman–Crippen LogP) is 3.08. The van der Waals surface area contributed by atoms with Gasteiger partial charge in [-0.15, -0.1) is 11.3 Å². The van der Waals surface area contributed by atoms with Crippen LogP contribution >= 0.6 is 11.3 Å². The van der Waals surface area contributed by atoms with E-state index in [9.17, 15) is 14.4 Å². The molecule has 0 spiro atoms. The van der Waals surface area contributed by atoms with E-state index in [2.05, 4.69) is 5.32 Å². The molecule has 164 valence electrons. The Balaban J connectivity index is 1.76. The van der Waals surface area contributed by atoms with Gasteiger partial charge in [0.1, 0.15) is 22.9 Å². The van der Waals surface area contributed by atoms with Gasteiger partial charge in [0.15, 0.2) is 0 Å². The number of para-hydroxylation sites is 2. The molecule has 8 nitrogen and oxygen atoms in total. The summed E-state index contributed by atoms with van der Waals surface area (Å²) in [6, 6.07) is 14.3. The number of methoxy groups -OCH3 is 2. The number of thiophene rings is 1. The molecule has 0 radical (unpaired) electrons. The number of hydrogen-bond acceptors (Lipinski definition) is 6. The number of amides is 1. The summed E-state index contributed by atoms with van der Waals surface area (Å²) in [7, 11) is 4.51. The molecule has 0 saturated carbocycles. The number of aromatic nitrogens is 2. The van der Waals surface area contributed by atoms with Crippen LogP contribution in [0.15, 0.2) is 63.5 Å². The Hall–Kier alpha value is -3.85. The molecular formula is C23H21N3O5S. The van der Waals surface area contributed by atoms with E-state index in [1.54, 1.807) is 43.5 Å². The van der Waals surface area contributed by atoms with Gasteiger partial charge in [0.25, 0.3) is 5.56 Å². The van der Waals surface area contributed by atoms with Gasteiger partial charge < -0.3 is 14.8 Å². The van der Waals surface area contributed by atoms with Crippen molar-refractivity contribution in [3.63, 3.8) is 0 Å². The molecular weight excluding hydrogens is 430 g/mol. The van der Waals surface area contributed by atoms with Crippen LogP contribution in [-0.4, -0.2) is 29.3 Å². The molecule has 4 aromatic rings. The molecule has 2 aromatic carbocycles. The van der Waals surface area contributed by atoms with Crippen molar-refractivity contribution in [1.29, 1.82) is 0 Å². The van der Waals surface area contributed by atoms with Crippen LogP contribution in [0, 0.1) is 0 Å². The van der Waals surface area contributed by atoms with Crippen molar-refractivity contribution >= 4 is 33.1 Å². The van der Waals surface area contributed by atoms with Crippen LogP contribution < -0.4 is 26.0 Å². The first-order chi connectivity index (χ1) is 15.4. The maximum absolute atomic E-state index is 13.0. The number of carbonyl (C=O) groups is 1. The minimum absolute atomic E-state index is 0.246. The van der Waals surface area contributed by atoms with Gasteiger partial charge in [-0.2, -0.15) is 0 Å². The SMILES string of the molecule is COc1ccc(-c2csc3c2c(=O)n(C)c(=O)n3CC(=O)Nc2ccccc2OC)cc1. The van der Waals surface area contributed by atoms with Crippen LogP contribution in [0.1, 0.15) is 0 Å². The zero-order valence-electron chi connectivity index (χ0n) is 17.7. The molecule has 0 aliphatic rings. The highest BCUT2D eigenvalue weighted by Crippen LogP contribution is 2.32. The molecule has 0 atom stereocenters. The Bertz CT molecular complexity index is 1420. The van der Waals surface area contributed by atoms with Gasteiger partial charge in [0, 0.05) is 18.0 Å². The number of carbonyl (C=O) groups excluding carboxylic acids is 1. The third-order valence-electron chi connectivity index (χ3n) is 5.14. The average molecular weight is 452 g/mol.